The van der Waals surface area contributed by atoms with Gasteiger partial charge in [0.25, 0.3) is 5.91 Å². The summed E-state index contributed by atoms with van der Waals surface area (Å²) in [5.74, 6) is -1.43. The number of carboxylic acid groups (broad SMARTS) is 1. The van der Waals surface area contributed by atoms with E-state index >= 15 is 0 Å². The monoisotopic (exact) mass is 345 g/mol. The maximum absolute atomic E-state index is 13.3. The van der Waals surface area contributed by atoms with Gasteiger partial charge in [-0.05, 0) is 49.9 Å². The molecule has 1 aromatic carbocycles. The number of aliphatic carboxylic acids is 1. The first-order valence-electron chi connectivity index (χ1n) is 8.39. The van der Waals surface area contributed by atoms with Crippen LogP contribution < -0.4 is 0 Å². The molecule has 1 N–H and O–H groups in total. The van der Waals surface area contributed by atoms with Gasteiger partial charge in [-0.15, -0.1) is 0 Å². The van der Waals surface area contributed by atoms with E-state index in [1.54, 1.807) is 29.3 Å². The maximum atomic E-state index is 13.3. The minimum Gasteiger partial charge on any atom is -0.481 e. The van der Waals surface area contributed by atoms with Crippen LogP contribution in [0.5, 0.6) is 0 Å². The zero-order chi connectivity index (χ0) is 17.8. The molecule has 0 radical (unpaired) electrons. The SMILES string of the molecule is O=C(O)CC[C@@H]1CCCCN1C(=O)c1ccn(-c2cccc(F)c2)n1. The maximum Gasteiger partial charge on any atom is 0.303 e. The molecule has 7 heteroatoms. The normalized spacial score (nSPS) is 17.5. The Bertz CT molecular complexity index is 774. The van der Waals surface area contributed by atoms with E-state index in [-0.39, 0.29) is 29.9 Å². The van der Waals surface area contributed by atoms with Gasteiger partial charge in [-0.3, -0.25) is 9.59 Å². The minimum atomic E-state index is -0.853. The Hall–Kier alpha value is -2.70. The van der Waals surface area contributed by atoms with Crippen LogP contribution in [0.2, 0.25) is 0 Å². The molecule has 1 aliphatic heterocycles. The third kappa shape index (κ3) is 4.04. The lowest BCUT2D eigenvalue weighted by molar-refractivity contribution is -0.137. The molecule has 1 atom stereocenters. The van der Waals surface area contributed by atoms with Gasteiger partial charge in [0.2, 0.25) is 0 Å². The zero-order valence-electron chi connectivity index (χ0n) is 13.8. The van der Waals surface area contributed by atoms with E-state index < -0.39 is 5.97 Å². The summed E-state index contributed by atoms with van der Waals surface area (Å²) < 4.78 is 14.8. The molecule has 0 saturated carbocycles. The van der Waals surface area contributed by atoms with Gasteiger partial charge < -0.3 is 10.0 Å². The molecule has 1 fully saturated rings. The lowest BCUT2D eigenvalue weighted by Crippen LogP contribution is -2.44. The van der Waals surface area contributed by atoms with Crippen LogP contribution in [0.15, 0.2) is 36.5 Å². The molecule has 1 amide bonds. The number of piperidine rings is 1. The van der Waals surface area contributed by atoms with Gasteiger partial charge in [0.1, 0.15) is 5.82 Å². The summed E-state index contributed by atoms with van der Waals surface area (Å²) in [5.41, 5.74) is 0.826. The van der Waals surface area contributed by atoms with E-state index in [1.807, 2.05) is 0 Å². The number of aromatic nitrogens is 2. The highest BCUT2D eigenvalue weighted by Gasteiger charge is 2.29. The average Bonchev–Trinajstić information content (AvgIpc) is 3.10. The van der Waals surface area contributed by atoms with Crippen molar-refractivity contribution in [1.29, 1.82) is 0 Å². The smallest absolute Gasteiger partial charge is 0.303 e. The molecule has 132 valence electrons. The molecule has 1 aliphatic rings. The number of likely N-dealkylation sites (tertiary alicyclic amines) is 1. The Morgan fingerprint density at radius 2 is 2.12 bits per heavy atom. The highest BCUT2D eigenvalue weighted by atomic mass is 19.1. The van der Waals surface area contributed by atoms with Crippen LogP contribution >= 0.6 is 0 Å². The Labute approximate surface area is 144 Å². The first kappa shape index (κ1) is 17.1. The molecular formula is C18H20FN3O3. The summed E-state index contributed by atoms with van der Waals surface area (Å²) in [5, 5.41) is 13.2. The largest absolute Gasteiger partial charge is 0.481 e. The van der Waals surface area contributed by atoms with E-state index in [4.69, 9.17) is 5.11 Å². The third-order valence-corrected chi connectivity index (χ3v) is 4.46. The molecule has 0 unspecified atom stereocenters. The van der Waals surface area contributed by atoms with Gasteiger partial charge in [-0.1, -0.05) is 6.07 Å². The number of carbonyl (C=O) groups excluding carboxylic acids is 1. The van der Waals surface area contributed by atoms with Gasteiger partial charge in [0, 0.05) is 25.2 Å². The van der Waals surface area contributed by atoms with Gasteiger partial charge >= 0.3 is 5.97 Å². The highest BCUT2D eigenvalue weighted by molar-refractivity contribution is 5.92. The number of hydrogen-bond donors (Lipinski definition) is 1. The van der Waals surface area contributed by atoms with E-state index in [1.165, 1.54) is 16.8 Å². The van der Waals surface area contributed by atoms with E-state index in [0.717, 1.165) is 19.3 Å². The summed E-state index contributed by atoms with van der Waals surface area (Å²) >= 11 is 0. The van der Waals surface area contributed by atoms with Crippen LogP contribution in [-0.2, 0) is 4.79 Å². The lowest BCUT2D eigenvalue weighted by Gasteiger charge is -2.35. The van der Waals surface area contributed by atoms with Gasteiger partial charge in [-0.2, -0.15) is 5.10 Å². The third-order valence-electron chi connectivity index (χ3n) is 4.46. The van der Waals surface area contributed by atoms with Crippen molar-refractivity contribution in [3.05, 3.63) is 48.0 Å². The van der Waals surface area contributed by atoms with Crippen molar-refractivity contribution in [3.63, 3.8) is 0 Å². The van der Waals surface area contributed by atoms with Crippen LogP contribution in [0.1, 0.15) is 42.6 Å². The summed E-state index contributed by atoms with van der Waals surface area (Å²) in [6.07, 6.45) is 4.82. The molecule has 2 heterocycles. The van der Waals surface area contributed by atoms with Gasteiger partial charge in [-0.25, -0.2) is 9.07 Å². The summed E-state index contributed by atoms with van der Waals surface area (Å²) in [6.45, 7) is 0.607. The predicted molar refractivity (Wildman–Crippen MR) is 89.1 cm³/mol. The number of carbonyl (C=O) groups is 2. The second-order valence-electron chi connectivity index (χ2n) is 6.21. The van der Waals surface area contributed by atoms with Gasteiger partial charge in [0.05, 0.1) is 5.69 Å². The predicted octanol–water partition coefficient (Wildman–Crippen LogP) is 2.87. The molecule has 2 aromatic rings. The van der Waals surface area contributed by atoms with E-state index in [0.29, 0.717) is 18.7 Å². The van der Waals surface area contributed by atoms with Crippen LogP contribution in [0.4, 0.5) is 4.39 Å². The van der Waals surface area contributed by atoms with E-state index in [2.05, 4.69) is 5.10 Å². The van der Waals surface area contributed by atoms with Crippen LogP contribution in [0, 0.1) is 5.82 Å². The minimum absolute atomic E-state index is 0.0478. The number of carboxylic acids is 1. The summed E-state index contributed by atoms with van der Waals surface area (Å²) in [7, 11) is 0. The molecule has 0 aliphatic carbocycles. The molecule has 0 bridgehead atoms. The fourth-order valence-corrected chi connectivity index (χ4v) is 3.21. The molecule has 1 aromatic heterocycles. The van der Waals surface area contributed by atoms with E-state index in [9.17, 15) is 14.0 Å². The number of hydrogen-bond acceptors (Lipinski definition) is 3. The first-order chi connectivity index (χ1) is 12.0. The Kier molecular flexibility index (Phi) is 5.11. The number of rotatable bonds is 5. The standard InChI is InChI=1S/C18H20FN3O3/c19-13-4-3-6-15(12-13)22-11-9-16(20-22)18(25)21-10-2-1-5-14(21)7-8-17(23)24/h3-4,6,9,11-12,14H,1-2,5,7-8,10H2,(H,23,24)/t14-/m0/s1. The van der Waals surface area contributed by atoms with Crippen molar-refractivity contribution in [1.82, 2.24) is 14.7 Å². The Balaban J connectivity index is 1.76. The molecular weight excluding hydrogens is 325 g/mol. The lowest BCUT2D eigenvalue weighted by atomic mass is 9.97. The molecule has 6 nitrogen and oxygen atoms in total. The second-order valence-corrected chi connectivity index (χ2v) is 6.21. The topological polar surface area (TPSA) is 75.4 Å². The fraction of sp³-hybridized carbons (Fsp3) is 0.389. The quantitative estimate of drug-likeness (QED) is 0.904. The van der Waals surface area contributed by atoms with Crippen molar-refractivity contribution >= 4 is 11.9 Å². The Morgan fingerprint density at radius 3 is 2.88 bits per heavy atom. The fourth-order valence-electron chi connectivity index (χ4n) is 3.21. The summed E-state index contributed by atoms with van der Waals surface area (Å²) in [6, 6.07) is 7.52. The second kappa shape index (κ2) is 7.46. The highest BCUT2D eigenvalue weighted by Crippen LogP contribution is 2.23. The number of nitrogens with zero attached hydrogens (tertiary/aromatic N) is 3. The number of benzene rings is 1. The van der Waals surface area contributed by atoms with Gasteiger partial charge in [0.15, 0.2) is 5.69 Å². The number of amides is 1. The number of halogens is 1. The van der Waals surface area contributed by atoms with Crippen LogP contribution in [0.25, 0.3) is 5.69 Å². The van der Waals surface area contributed by atoms with Crippen molar-refractivity contribution < 1.29 is 19.1 Å². The van der Waals surface area contributed by atoms with Crippen molar-refractivity contribution in [2.75, 3.05) is 6.54 Å². The zero-order valence-corrected chi connectivity index (χ0v) is 13.8. The Morgan fingerprint density at radius 1 is 1.28 bits per heavy atom. The van der Waals surface area contributed by atoms with Crippen LogP contribution in [0.3, 0.4) is 0 Å². The van der Waals surface area contributed by atoms with Crippen molar-refractivity contribution in [2.45, 2.75) is 38.1 Å². The molecule has 25 heavy (non-hydrogen) atoms. The summed E-state index contributed by atoms with van der Waals surface area (Å²) in [4.78, 5) is 25.3. The molecule has 0 spiro atoms. The molecule has 1 saturated heterocycles. The average molecular weight is 345 g/mol. The van der Waals surface area contributed by atoms with Crippen molar-refractivity contribution in [3.8, 4) is 5.69 Å². The molecule has 3 rings (SSSR count). The van der Waals surface area contributed by atoms with Crippen LogP contribution in [-0.4, -0.2) is 44.3 Å². The van der Waals surface area contributed by atoms with Crippen molar-refractivity contribution in [2.24, 2.45) is 0 Å². The first-order valence-corrected chi connectivity index (χ1v) is 8.39.